The lowest BCUT2D eigenvalue weighted by molar-refractivity contribution is -0.125. The van der Waals surface area contributed by atoms with Crippen molar-refractivity contribution < 1.29 is 4.79 Å². The first-order chi connectivity index (χ1) is 5.52. The average Bonchev–Trinajstić information content (AvgIpc) is 2.01. The van der Waals surface area contributed by atoms with Crippen molar-refractivity contribution in [3.8, 4) is 0 Å². The molecule has 0 spiro atoms. The highest BCUT2D eigenvalue weighted by Crippen LogP contribution is 2.21. The molecule has 0 aromatic rings. The van der Waals surface area contributed by atoms with E-state index in [1.165, 1.54) is 0 Å². The summed E-state index contributed by atoms with van der Waals surface area (Å²) in [5.74, 6) is 5.98. The molecular weight excluding hydrogens is 152 g/mol. The molecule has 3 heteroatoms. The molecule has 0 amide bonds. The number of hydrazine groups is 1. The van der Waals surface area contributed by atoms with Crippen LogP contribution >= 0.6 is 0 Å². The Balaban J connectivity index is 0.000000561. The Labute approximate surface area is 74.9 Å². The van der Waals surface area contributed by atoms with E-state index >= 15 is 0 Å². The van der Waals surface area contributed by atoms with Crippen LogP contribution in [0.5, 0.6) is 0 Å². The molecule has 1 rings (SSSR count). The number of piperidine rings is 1. The van der Waals surface area contributed by atoms with Gasteiger partial charge >= 0.3 is 0 Å². The van der Waals surface area contributed by atoms with E-state index in [0.29, 0.717) is 25.2 Å². The zero-order valence-electron chi connectivity index (χ0n) is 8.55. The van der Waals surface area contributed by atoms with E-state index in [-0.39, 0.29) is 5.54 Å². The van der Waals surface area contributed by atoms with Crippen LogP contribution in [0.2, 0.25) is 0 Å². The van der Waals surface area contributed by atoms with Gasteiger partial charge < -0.3 is 0 Å². The Hall–Kier alpha value is -0.410. The van der Waals surface area contributed by atoms with Gasteiger partial charge in [-0.1, -0.05) is 13.8 Å². The molecule has 1 aliphatic heterocycles. The lowest BCUT2D eigenvalue weighted by atomic mass is 9.91. The highest BCUT2D eigenvalue weighted by Gasteiger charge is 2.31. The first-order valence-corrected chi connectivity index (χ1v) is 4.56. The lowest BCUT2D eigenvalue weighted by Gasteiger charge is -2.37. The third-order valence-electron chi connectivity index (χ3n) is 2.04. The van der Waals surface area contributed by atoms with E-state index in [1.54, 1.807) is 5.01 Å². The van der Waals surface area contributed by atoms with Gasteiger partial charge in [0, 0.05) is 24.9 Å². The summed E-state index contributed by atoms with van der Waals surface area (Å²) in [5, 5.41) is 1.74. The number of ketones is 1. The number of carbonyl (C=O) groups is 1. The highest BCUT2D eigenvalue weighted by atomic mass is 16.1. The molecule has 72 valence electrons. The van der Waals surface area contributed by atoms with E-state index in [0.717, 1.165) is 0 Å². The van der Waals surface area contributed by atoms with Crippen LogP contribution in [0.25, 0.3) is 0 Å². The maximum Gasteiger partial charge on any atom is 0.136 e. The maximum atomic E-state index is 10.9. The lowest BCUT2D eigenvalue weighted by Crippen LogP contribution is -2.53. The van der Waals surface area contributed by atoms with Crippen molar-refractivity contribution >= 4 is 5.78 Å². The molecular formula is C9H20N2O. The fourth-order valence-electron chi connectivity index (χ4n) is 1.22. The van der Waals surface area contributed by atoms with Crippen molar-refractivity contribution in [2.24, 2.45) is 5.84 Å². The van der Waals surface area contributed by atoms with Crippen molar-refractivity contribution in [3.63, 3.8) is 0 Å². The summed E-state index contributed by atoms with van der Waals surface area (Å²) in [5.41, 5.74) is -0.130. The van der Waals surface area contributed by atoms with Gasteiger partial charge in [0.05, 0.1) is 0 Å². The topological polar surface area (TPSA) is 46.3 Å². The Morgan fingerprint density at radius 2 is 1.92 bits per heavy atom. The number of carbonyl (C=O) groups excluding carboxylic acids is 1. The molecule has 1 fully saturated rings. The zero-order chi connectivity index (χ0) is 9.78. The first kappa shape index (κ1) is 11.6. The molecule has 0 unspecified atom stereocenters. The van der Waals surface area contributed by atoms with Gasteiger partial charge in [-0.2, -0.15) is 0 Å². The fraction of sp³-hybridized carbons (Fsp3) is 0.889. The molecule has 0 saturated carbocycles. The molecule has 0 bridgehead atoms. The molecule has 0 radical (unpaired) electrons. The summed E-state index contributed by atoms with van der Waals surface area (Å²) in [4.78, 5) is 10.9. The standard InChI is InChI=1S/C7H14N2O.C2H6/c1-7(2)5-6(10)3-4-9(7)8;1-2/h3-5,8H2,1-2H3;1-2H3. The van der Waals surface area contributed by atoms with Gasteiger partial charge in [0.25, 0.3) is 0 Å². The van der Waals surface area contributed by atoms with Crippen LogP contribution in [0.1, 0.15) is 40.5 Å². The van der Waals surface area contributed by atoms with Gasteiger partial charge in [-0.3, -0.25) is 10.6 Å². The second-order valence-electron chi connectivity index (χ2n) is 3.47. The summed E-state index contributed by atoms with van der Waals surface area (Å²) in [6.45, 7) is 8.68. The predicted octanol–water partition coefficient (Wildman–Crippen LogP) is 1.33. The molecule has 0 aromatic carbocycles. The molecule has 0 aliphatic carbocycles. The van der Waals surface area contributed by atoms with Gasteiger partial charge in [0.15, 0.2) is 0 Å². The zero-order valence-corrected chi connectivity index (χ0v) is 8.55. The summed E-state index contributed by atoms with van der Waals surface area (Å²) in [7, 11) is 0. The minimum Gasteiger partial charge on any atom is -0.300 e. The van der Waals surface area contributed by atoms with Crippen LogP contribution < -0.4 is 5.84 Å². The van der Waals surface area contributed by atoms with E-state index in [9.17, 15) is 4.79 Å². The van der Waals surface area contributed by atoms with Crippen LogP contribution in [0.15, 0.2) is 0 Å². The average molecular weight is 172 g/mol. The Morgan fingerprint density at radius 1 is 1.42 bits per heavy atom. The molecule has 1 heterocycles. The van der Waals surface area contributed by atoms with Gasteiger partial charge in [0.2, 0.25) is 0 Å². The number of Topliss-reactive ketones (excluding diaryl/α,β-unsaturated/α-hetero) is 1. The molecule has 0 aromatic heterocycles. The second kappa shape index (κ2) is 4.58. The molecule has 0 atom stereocenters. The number of rotatable bonds is 0. The SMILES string of the molecule is CC.CC1(C)CC(=O)CCN1N. The third kappa shape index (κ3) is 2.91. The maximum absolute atomic E-state index is 10.9. The summed E-state index contributed by atoms with van der Waals surface area (Å²) >= 11 is 0. The number of hydrogen-bond acceptors (Lipinski definition) is 3. The van der Waals surface area contributed by atoms with Gasteiger partial charge in [-0.25, -0.2) is 5.01 Å². The largest absolute Gasteiger partial charge is 0.300 e. The van der Waals surface area contributed by atoms with Crippen molar-refractivity contribution in [2.45, 2.75) is 46.1 Å². The van der Waals surface area contributed by atoms with Crippen LogP contribution in [0, 0.1) is 0 Å². The van der Waals surface area contributed by atoms with Crippen molar-refractivity contribution in [2.75, 3.05) is 6.54 Å². The van der Waals surface area contributed by atoms with Crippen LogP contribution in [0.4, 0.5) is 0 Å². The molecule has 2 N–H and O–H groups in total. The number of nitrogens with two attached hydrogens (primary N) is 1. The number of hydrogen-bond donors (Lipinski definition) is 1. The van der Waals surface area contributed by atoms with Crippen molar-refractivity contribution in [3.05, 3.63) is 0 Å². The van der Waals surface area contributed by atoms with Crippen LogP contribution in [-0.4, -0.2) is 22.9 Å². The van der Waals surface area contributed by atoms with E-state index in [4.69, 9.17) is 5.84 Å². The molecule has 12 heavy (non-hydrogen) atoms. The molecule has 3 nitrogen and oxygen atoms in total. The first-order valence-electron chi connectivity index (χ1n) is 4.56. The number of nitrogens with zero attached hydrogens (tertiary/aromatic N) is 1. The van der Waals surface area contributed by atoms with Crippen LogP contribution in [-0.2, 0) is 4.79 Å². The van der Waals surface area contributed by atoms with Gasteiger partial charge in [0.1, 0.15) is 5.78 Å². The van der Waals surface area contributed by atoms with E-state index in [1.807, 2.05) is 27.7 Å². The Bertz CT molecular complexity index is 155. The smallest absolute Gasteiger partial charge is 0.136 e. The summed E-state index contributed by atoms with van der Waals surface area (Å²) in [6.07, 6.45) is 1.20. The second-order valence-corrected chi connectivity index (χ2v) is 3.47. The van der Waals surface area contributed by atoms with Gasteiger partial charge in [-0.15, -0.1) is 0 Å². The fourth-order valence-corrected chi connectivity index (χ4v) is 1.22. The third-order valence-corrected chi connectivity index (χ3v) is 2.04. The summed E-state index contributed by atoms with van der Waals surface area (Å²) < 4.78 is 0. The van der Waals surface area contributed by atoms with E-state index in [2.05, 4.69) is 0 Å². The van der Waals surface area contributed by atoms with E-state index < -0.39 is 0 Å². The van der Waals surface area contributed by atoms with Crippen molar-refractivity contribution in [1.82, 2.24) is 5.01 Å². The minimum absolute atomic E-state index is 0.130. The monoisotopic (exact) mass is 172 g/mol. The molecule has 1 aliphatic rings. The normalized spacial score (nSPS) is 22.9. The predicted molar refractivity (Wildman–Crippen MR) is 50.6 cm³/mol. The van der Waals surface area contributed by atoms with Crippen molar-refractivity contribution in [1.29, 1.82) is 0 Å². The molecule has 1 saturated heterocycles. The summed E-state index contributed by atoms with van der Waals surface area (Å²) in [6, 6.07) is 0. The van der Waals surface area contributed by atoms with Gasteiger partial charge in [-0.05, 0) is 13.8 Å². The Morgan fingerprint density at radius 3 is 2.25 bits per heavy atom. The minimum atomic E-state index is -0.130. The van der Waals surface area contributed by atoms with Crippen LogP contribution in [0.3, 0.4) is 0 Å². The quantitative estimate of drug-likeness (QED) is 0.561. The Kier molecular flexibility index (Phi) is 4.42. The highest BCUT2D eigenvalue weighted by molar-refractivity contribution is 5.80.